The third-order valence-corrected chi connectivity index (χ3v) is 16.3. The van der Waals surface area contributed by atoms with Crippen LogP contribution >= 0.6 is 0 Å². The predicted octanol–water partition coefficient (Wildman–Crippen LogP) is 3.99. The monoisotopic (exact) mass is 1090 g/mol. The number of nitrogens with one attached hydrogen (secondary N) is 7. The molecule has 7 N–H and O–H groups in total. The Balaban J connectivity index is 0.951. The fourth-order valence-corrected chi connectivity index (χ4v) is 11.6. The number of ether oxygens (including phenoxy) is 2. The normalized spacial score (nSPS) is 24.1. The topological polar surface area (TPSA) is 215 Å². The Labute approximate surface area is 458 Å². The van der Waals surface area contributed by atoms with Crippen molar-refractivity contribution in [3.05, 3.63) is 124 Å². The number of rotatable bonds is 18. The number of ketones is 1. The zero-order chi connectivity index (χ0) is 56.1. The van der Waals surface area contributed by atoms with Crippen molar-refractivity contribution in [2.45, 2.75) is 101 Å². The van der Waals surface area contributed by atoms with Crippen molar-refractivity contribution in [3.63, 3.8) is 0 Å². The van der Waals surface area contributed by atoms with Gasteiger partial charge in [0.25, 0.3) is 5.91 Å². The van der Waals surface area contributed by atoms with Gasteiger partial charge in [0.15, 0.2) is 5.78 Å². The fourth-order valence-electron chi connectivity index (χ4n) is 11.6. The highest BCUT2D eigenvalue weighted by Crippen LogP contribution is 2.43. The van der Waals surface area contributed by atoms with E-state index in [1.165, 1.54) is 23.1 Å². The smallest absolute Gasteiger partial charge is 0.252 e. The summed E-state index contributed by atoms with van der Waals surface area (Å²) in [6, 6.07) is 15.7. The lowest BCUT2D eigenvalue weighted by molar-refractivity contribution is -0.144. The van der Waals surface area contributed by atoms with Gasteiger partial charge >= 0.3 is 0 Å². The van der Waals surface area contributed by atoms with E-state index >= 15 is 8.78 Å². The SMILES string of the molecule is CN[C@@H](C)C(=O)N[C@H](C(=O)N1Cc2ccc(NC(=O)CNC(=O)C3(C)c4ccc(Cc5ccc(F)cc5)cc4NC3C(=O)CN3C[C@@H](C)NC[C@@H]3CN3CCOC[C@H]3C)cc2[C@H]1C(=O)Nc1c(F)cccc1F)C1CCOCC1. The van der Waals surface area contributed by atoms with Gasteiger partial charge in [-0.2, -0.15) is 0 Å². The number of fused-ring (bicyclic) bond motifs is 2. The van der Waals surface area contributed by atoms with Gasteiger partial charge in [-0.05, 0) is 130 Å². The number of amides is 5. The third-order valence-electron chi connectivity index (χ3n) is 16.3. The standard InChI is InChI=1S/C58H71F3N10O8/c1-33-28-70(42(26-63-33)30-69-19-22-79-32-34(69)2)31-48(72)53-58(4,44-16-11-37(24-47(44)66-53)23-36-9-13-40(59)14-10-36)57(77)64-27-49(73)65-41-15-12-39-29-71(52(43(39)25-41)55(75)68-51-45(60)7-6-8-46(51)61)56(76)50(38-17-20-78-21-18-38)67-54(74)35(3)62-5/h6-16,24-25,33-35,38,42,50,52-53,62-63,66H,17-23,26-32H2,1-5H3,(H,64,77)(H,65,73)(H,67,74)(H,68,75)/t33-,34-,35+,42-,50+,52+,53?,58?/m1/s1. The zero-order valence-corrected chi connectivity index (χ0v) is 45.3. The van der Waals surface area contributed by atoms with E-state index in [9.17, 15) is 33.2 Å². The minimum absolute atomic E-state index is 0.00629. The Morgan fingerprint density at radius 3 is 2.32 bits per heavy atom. The minimum Gasteiger partial charge on any atom is -0.381 e. The molecular formula is C58H71F3N10O8. The molecule has 9 rings (SSSR count). The minimum atomic E-state index is -1.50. The maximum atomic E-state index is 15.1. The number of benzene rings is 4. The van der Waals surface area contributed by atoms with E-state index in [1.54, 1.807) is 45.2 Å². The first-order valence-electron chi connectivity index (χ1n) is 27.2. The summed E-state index contributed by atoms with van der Waals surface area (Å²) in [4.78, 5) is 92.1. The average molecular weight is 1090 g/mol. The number of anilines is 3. The Morgan fingerprint density at radius 1 is 0.861 bits per heavy atom. The van der Waals surface area contributed by atoms with Crippen molar-refractivity contribution < 1.29 is 51.4 Å². The summed E-state index contributed by atoms with van der Waals surface area (Å²) in [5.74, 6) is -6.20. The third kappa shape index (κ3) is 12.7. The van der Waals surface area contributed by atoms with Gasteiger partial charge in [-0.25, -0.2) is 13.2 Å². The molecule has 0 saturated carbocycles. The van der Waals surface area contributed by atoms with Crippen molar-refractivity contribution >= 4 is 52.4 Å². The number of para-hydroxylation sites is 1. The van der Waals surface area contributed by atoms with Crippen LogP contribution in [-0.2, 0) is 56.6 Å². The molecule has 0 radical (unpaired) electrons. The molecule has 0 bridgehead atoms. The molecule has 0 aromatic heterocycles. The number of halogens is 3. The summed E-state index contributed by atoms with van der Waals surface area (Å²) in [5.41, 5.74) is 1.63. The lowest BCUT2D eigenvalue weighted by atomic mass is 9.75. The van der Waals surface area contributed by atoms with Crippen molar-refractivity contribution in [2.24, 2.45) is 5.92 Å². The molecule has 8 atom stereocenters. The van der Waals surface area contributed by atoms with E-state index < -0.39 is 83.0 Å². The maximum Gasteiger partial charge on any atom is 0.252 e. The van der Waals surface area contributed by atoms with Gasteiger partial charge in [-0.3, -0.25) is 38.6 Å². The van der Waals surface area contributed by atoms with Gasteiger partial charge in [0.05, 0.1) is 32.3 Å². The number of likely N-dealkylation sites (N-methyl/N-ethyl adjacent to an activating group) is 1. The molecule has 4 aromatic rings. The van der Waals surface area contributed by atoms with Gasteiger partial charge < -0.3 is 51.6 Å². The van der Waals surface area contributed by atoms with Gasteiger partial charge in [0, 0.05) is 75.4 Å². The quantitative estimate of drug-likeness (QED) is 0.0752. The largest absolute Gasteiger partial charge is 0.381 e. The second-order valence-corrected chi connectivity index (χ2v) is 21.8. The Kier molecular flexibility index (Phi) is 17.8. The van der Waals surface area contributed by atoms with Crippen LogP contribution in [0.1, 0.15) is 74.4 Å². The first-order valence-corrected chi connectivity index (χ1v) is 27.2. The predicted molar refractivity (Wildman–Crippen MR) is 290 cm³/mol. The van der Waals surface area contributed by atoms with Crippen LogP contribution in [0.25, 0.3) is 0 Å². The molecule has 5 aliphatic heterocycles. The highest BCUT2D eigenvalue weighted by molar-refractivity contribution is 6.05. The number of hydrogen-bond acceptors (Lipinski definition) is 13. The number of morpholine rings is 1. The second kappa shape index (κ2) is 24.7. The highest BCUT2D eigenvalue weighted by atomic mass is 19.1. The molecule has 4 aromatic carbocycles. The van der Waals surface area contributed by atoms with Crippen LogP contribution in [0.3, 0.4) is 0 Å². The summed E-state index contributed by atoms with van der Waals surface area (Å²) >= 11 is 0. The van der Waals surface area contributed by atoms with E-state index in [1.807, 2.05) is 18.2 Å². The van der Waals surface area contributed by atoms with Crippen molar-refractivity contribution in [1.29, 1.82) is 0 Å². The number of piperazine rings is 1. The number of nitrogens with zero attached hydrogens (tertiary/aromatic N) is 3. The summed E-state index contributed by atoms with van der Waals surface area (Å²) < 4.78 is 55.2. The molecule has 3 fully saturated rings. The molecule has 5 aliphatic rings. The van der Waals surface area contributed by atoms with Crippen molar-refractivity contribution in [2.75, 3.05) is 88.7 Å². The number of Topliss-reactive ketones (excluding diaryl/α,β-unsaturated/α-hetero) is 1. The molecule has 18 nitrogen and oxygen atoms in total. The summed E-state index contributed by atoms with van der Waals surface area (Å²) in [6.07, 6.45) is 1.36. The van der Waals surface area contributed by atoms with Crippen LogP contribution in [0.4, 0.5) is 30.2 Å². The maximum absolute atomic E-state index is 15.1. The molecule has 422 valence electrons. The Morgan fingerprint density at radius 2 is 1.59 bits per heavy atom. The van der Waals surface area contributed by atoms with Crippen LogP contribution in [0.2, 0.25) is 0 Å². The highest BCUT2D eigenvalue weighted by Gasteiger charge is 2.53. The molecule has 3 saturated heterocycles. The van der Waals surface area contributed by atoms with E-state index in [4.69, 9.17) is 9.47 Å². The van der Waals surface area contributed by atoms with E-state index in [0.29, 0.717) is 75.6 Å². The second-order valence-electron chi connectivity index (χ2n) is 21.8. The van der Waals surface area contributed by atoms with Gasteiger partial charge in [-0.1, -0.05) is 36.4 Å². The molecule has 2 unspecified atom stereocenters. The Hall–Kier alpha value is -6.75. The molecule has 5 heterocycles. The van der Waals surface area contributed by atoms with Crippen molar-refractivity contribution in [1.82, 2.24) is 36.0 Å². The van der Waals surface area contributed by atoms with E-state index in [-0.39, 0.29) is 60.0 Å². The lowest BCUT2D eigenvalue weighted by Gasteiger charge is -2.44. The Bertz CT molecular complexity index is 2910. The van der Waals surface area contributed by atoms with Gasteiger partial charge in [0.2, 0.25) is 23.6 Å². The number of hydrogen-bond donors (Lipinski definition) is 7. The molecule has 79 heavy (non-hydrogen) atoms. The summed E-state index contributed by atoms with van der Waals surface area (Å²) in [7, 11) is 1.61. The number of carbonyl (C=O) groups is 6. The molecule has 0 aliphatic carbocycles. The average Bonchev–Trinajstić information content (AvgIpc) is 4.19. The van der Waals surface area contributed by atoms with Crippen LogP contribution < -0.4 is 37.2 Å². The van der Waals surface area contributed by atoms with E-state index in [2.05, 4.69) is 60.9 Å². The van der Waals surface area contributed by atoms with Crippen molar-refractivity contribution in [3.8, 4) is 0 Å². The lowest BCUT2D eigenvalue weighted by Crippen LogP contribution is -2.63. The molecule has 0 spiro atoms. The van der Waals surface area contributed by atoms with Gasteiger partial charge in [0.1, 0.15) is 46.7 Å². The fraction of sp³-hybridized carbons (Fsp3) is 0.483. The van der Waals surface area contributed by atoms with Crippen LogP contribution in [0.5, 0.6) is 0 Å². The summed E-state index contributed by atoms with van der Waals surface area (Å²) in [6.45, 7) is 11.7. The zero-order valence-electron chi connectivity index (χ0n) is 45.3. The molecular weight excluding hydrogens is 1020 g/mol. The molecule has 5 amide bonds. The number of carbonyl (C=O) groups excluding carboxylic acids is 6. The van der Waals surface area contributed by atoms with E-state index in [0.717, 1.165) is 42.4 Å². The van der Waals surface area contributed by atoms with Gasteiger partial charge in [-0.15, -0.1) is 0 Å². The first-order chi connectivity index (χ1) is 37.9. The van der Waals surface area contributed by atoms with Crippen LogP contribution in [-0.4, -0.2) is 159 Å². The van der Waals surface area contributed by atoms with Crippen LogP contribution in [0, 0.1) is 23.4 Å². The van der Waals surface area contributed by atoms with Crippen LogP contribution in [0.15, 0.2) is 78.9 Å². The first kappa shape index (κ1) is 57.0. The molecule has 21 heteroatoms. The summed E-state index contributed by atoms with van der Waals surface area (Å²) in [5, 5.41) is 20.7.